The Kier molecular flexibility index (Phi) is 44.5. The number of hydrogen-bond donors (Lipinski definition) is 1. The molecule has 2 atom stereocenters. The molecule has 0 aromatic rings. The van der Waals surface area contributed by atoms with Gasteiger partial charge in [-0.3, -0.25) is 18.6 Å². The second kappa shape index (κ2) is 45.2. The number of carbonyl (C=O) groups excluding carboxylic acids is 2. The van der Waals surface area contributed by atoms with Gasteiger partial charge in [-0.05, 0) is 12.8 Å². The van der Waals surface area contributed by atoms with Gasteiger partial charge in [0.2, 0.25) is 0 Å². The summed E-state index contributed by atoms with van der Waals surface area (Å²) in [5.41, 5.74) is 0. The van der Waals surface area contributed by atoms with Gasteiger partial charge in [0.15, 0.2) is 6.10 Å². The number of ether oxygens (including phenoxy) is 2. The monoisotopic (exact) mass is 903 g/mol. The normalized spacial score (nSPS) is 13.3. The predicted molar refractivity (Wildman–Crippen MR) is 261 cm³/mol. The second-order valence-corrected chi connectivity index (χ2v) is 21.1. The molecule has 0 amide bonds. The molecule has 62 heavy (non-hydrogen) atoms. The Hall–Kier alpha value is -0.990. The number of likely N-dealkylation sites (N-methyl/N-ethyl adjacent to an activating group) is 1. The van der Waals surface area contributed by atoms with Gasteiger partial charge in [-0.2, -0.15) is 0 Å². The summed E-state index contributed by atoms with van der Waals surface area (Å²) in [5, 5.41) is 0. The van der Waals surface area contributed by atoms with Crippen molar-refractivity contribution in [2.75, 3.05) is 47.5 Å². The van der Waals surface area contributed by atoms with E-state index in [0.717, 1.165) is 38.5 Å². The molecule has 1 N–H and O–H groups in total. The molecule has 0 rings (SSSR count). The Bertz CT molecular complexity index is 1020. The number of phosphoric ester groups is 1. The van der Waals surface area contributed by atoms with E-state index in [1.54, 1.807) is 0 Å². The van der Waals surface area contributed by atoms with Crippen molar-refractivity contribution >= 4 is 19.8 Å². The largest absolute Gasteiger partial charge is 0.472 e. The van der Waals surface area contributed by atoms with Crippen LogP contribution in [0.1, 0.15) is 271 Å². The van der Waals surface area contributed by atoms with Crippen LogP contribution in [-0.4, -0.2) is 74.9 Å². The number of unbranched alkanes of at least 4 members (excludes halogenated alkanes) is 36. The highest BCUT2D eigenvalue weighted by atomic mass is 31.2. The van der Waals surface area contributed by atoms with E-state index in [1.165, 1.54) is 205 Å². The first-order valence-electron chi connectivity index (χ1n) is 26.8. The van der Waals surface area contributed by atoms with Crippen LogP contribution < -0.4 is 0 Å². The quantitative estimate of drug-likeness (QED) is 0.0278. The van der Waals surface area contributed by atoms with E-state index < -0.39 is 26.5 Å². The summed E-state index contributed by atoms with van der Waals surface area (Å²) in [4.78, 5) is 35.4. The molecule has 0 radical (unpaired) electrons. The van der Waals surface area contributed by atoms with Gasteiger partial charge < -0.3 is 18.9 Å². The molecular formula is C52H105NO8P+. The maximum absolute atomic E-state index is 12.7. The fraction of sp³-hybridized carbons (Fsp3) is 0.962. The van der Waals surface area contributed by atoms with Crippen LogP contribution in [0, 0.1) is 0 Å². The van der Waals surface area contributed by atoms with Crippen LogP contribution in [0.3, 0.4) is 0 Å². The SMILES string of the molecule is CCCCCCCCCCCCCCCCCCCCCCCCCCCCCCC(=O)OC(COC(=O)CCCCCCCCCCCC)COP(=O)(O)OCC[N+](C)(C)C. The summed E-state index contributed by atoms with van der Waals surface area (Å²) in [6, 6.07) is 0. The van der Waals surface area contributed by atoms with Crippen LogP contribution in [0.25, 0.3) is 0 Å². The minimum atomic E-state index is -4.37. The van der Waals surface area contributed by atoms with Crippen molar-refractivity contribution in [3.63, 3.8) is 0 Å². The Morgan fingerprint density at radius 3 is 1.03 bits per heavy atom. The van der Waals surface area contributed by atoms with Crippen molar-refractivity contribution < 1.29 is 42.1 Å². The summed E-state index contributed by atoms with van der Waals surface area (Å²) >= 11 is 0. The molecule has 0 heterocycles. The fourth-order valence-electron chi connectivity index (χ4n) is 7.96. The van der Waals surface area contributed by atoms with Gasteiger partial charge in [0.25, 0.3) is 0 Å². The molecule has 0 fully saturated rings. The average molecular weight is 903 g/mol. The first-order chi connectivity index (χ1) is 30.0. The Balaban J connectivity index is 4.00. The van der Waals surface area contributed by atoms with Crippen LogP contribution >= 0.6 is 7.82 Å². The first kappa shape index (κ1) is 61.0. The number of hydrogen-bond acceptors (Lipinski definition) is 7. The van der Waals surface area contributed by atoms with Crippen LogP contribution in [-0.2, 0) is 32.7 Å². The third-order valence-corrected chi connectivity index (χ3v) is 13.1. The Morgan fingerprint density at radius 1 is 0.435 bits per heavy atom. The van der Waals surface area contributed by atoms with E-state index in [4.69, 9.17) is 18.5 Å². The molecule has 0 aliphatic rings. The Morgan fingerprint density at radius 2 is 0.726 bits per heavy atom. The number of phosphoric acid groups is 1. The van der Waals surface area contributed by atoms with E-state index in [2.05, 4.69) is 13.8 Å². The maximum Gasteiger partial charge on any atom is 0.472 e. The molecule has 0 aromatic heterocycles. The van der Waals surface area contributed by atoms with Gasteiger partial charge in [0.1, 0.15) is 19.8 Å². The number of carbonyl (C=O) groups is 2. The van der Waals surface area contributed by atoms with E-state index in [0.29, 0.717) is 17.4 Å². The zero-order chi connectivity index (χ0) is 45.7. The third kappa shape index (κ3) is 48.5. The highest BCUT2D eigenvalue weighted by molar-refractivity contribution is 7.47. The minimum absolute atomic E-state index is 0.0369. The van der Waals surface area contributed by atoms with Crippen molar-refractivity contribution in [2.45, 2.75) is 277 Å². The zero-order valence-electron chi connectivity index (χ0n) is 41.9. The lowest BCUT2D eigenvalue weighted by Crippen LogP contribution is -2.37. The highest BCUT2D eigenvalue weighted by Gasteiger charge is 2.27. The zero-order valence-corrected chi connectivity index (χ0v) is 42.8. The lowest BCUT2D eigenvalue weighted by atomic mass is 10.0. The lowest BCUT2D eigenvalue weighted by molar-refractivity contribution is -0.870. The van der Waals surface area contributed by atoms with Gasteiger partial charge >= 0.3 is 19.8 Å². The smallest absolute Gasteiger partial charge is 0.462 e. The molecule has 0 saturated carbocycles. The summed E-state index contributed by atoms with van der Waals surface area (Å²) in [6.45, 7) is 4.46. The van der Waals surface area contributed by atoms with Gasteiger partial charge in [0.05, 0.1) is 27.7 Å². The van der Waals surface area contributed by atoms with Crippen molar-refractivity contribution in [3.8, 4) is 0 Å². The molecule has 10 heteroatoms. The van der Waals surface area contributed by atoms with Crippen molar-refractivity contribution in [2.24, 2.45) is 0 Å². The van der Waals surface area contributed by atoms with E-state index >= 15 is 0 Å². The van der Waals surface area contributed by atoms with Gasteiger partial charge in [-0.1, -0.05) is 245 Å². The van der Waals surface area contributed by atoms with E-state index in [1.807, 2.05) is 21.1 Å². The van der Waals surface area contributed by atoms with Crippen molar-refractivity contribution in [1.29, 1.82) is 0 Å². The first-order valence-corrected chi connectivity index (χ1v) is 28.3. The molecule has 9 nitrogen and oxygen atoms in total. The van der Waals surface area contributed by atoms with Crippen LogP contribution in [0.2, 0.25) is 0 Å². The molecule has 0 aliphatic heterocycles. The maximum atomic E-state index is 12.7. The number of rotatable bonds is 50. The summed E-state index contributed by atoms with van der Waals surface area (Å²) in [5.74, 6) is -0.782. The van der Waals surface area contributed by atoms with Gasteiger partial charge in [0, 0.05) is 12.8 Å². The Labute approximate surface area is 384 Å². The van der Waals surface area contributed by atoms with Crippen molar-refractivity contribution in [1.82, 2.24) is 0 Å². The number of esters is 2. The minimum Gasteiger partial charge on any atom is -0.462 e. The van der Waals surface area contributed by atoms with Crippen LogP contribution in [0.5, 0.6) is 0 Å². The van der Waals surface area contributed by atoms with Crippen LogP contribution in [0.4, 0.5) is 0 Å². The summed E-state index contributed by atoms with van der Waals surface area (Å²) in [7, 11) is 1.50. The highest BCUT2D eigenvalue weighted by Crippen LogP contribution is 2.43. The van der Waals surface area contributed by atoms with Gasteiger partial charge in [-0.15, -0.1) is 0 Å². The fourth-order valence-corrected chi connectivity index (χ4v) is 8.70. The number of quaternary nitrogens is 1. The molecule has 0 aromatic carbocycles. The lowest BCUT2D eigenvalue weighted by Gasteiger charge is -2.24. The van der Waals surface area contributed by atoms with Gasteiger partial charge in [-0.25, -0.2) is 4.57 Å². The standard InChI is InChI=1S/C52H104NO8P/c1-6-8-10-12-14-16-18-19-20-21-22-23-24-25-26-27-28-29-30-31-32-33-34-35-37-39-41-43-45-52(55)61-50(49-60-62(56,57)59-47-46-53(3,4)5)48-58-51(54)44-42-40-38-36-17-15-13-11-9-7-2/h50H,6-49H2,1-5H3/p+1. The van der Waals surface area contributed by atoms with E-state index in [-0.39, 0.29) is 25.6 Å². The molecule has 0 saturated heterocycles. The second-order valence-electron chi connectivity index (χ2n) is 19.6. The third-order valence-electron chi connectivity index (χ3n) is 12.1. The molecule has 0 bridgehead atoms. The average Bonchev–Trinajstić information content (AvgIpc) is 3.23. The molecular weight excluding hydrogens is 798 g/mol. The van der Waals surface area contributed by atoms with Crippen LogP contribution in [0.15, 0.2) is 0 Å². The predicted octanol–water partition coefficient (Wildman–Crippen LogP) is 15.9. The van der Waals surface area contributed by atoms with Crippen molar-refractivity contribution in [3.05, 3.63) is 0 Å². The summed E-state index contributed by atoms with van der Waals surface area (Å²) in [6.07, 6.45) is 49.0. The molecule has 0 aliphatic carbocycles. The number of nitrogens with zero attached hydrogens (tertiary/aromatic N) is 1. The van der Waals surface area contributed by atoms with E-state index in [9.17, 15) is 19.0 Å². The summed E-state index contributed by atoms with van der Waals surface area (Å²) < 4.78 is 34.4. The molecule has 370 valence electrons. The molecule has 0 spiro atoms. The molecule has 2 unspecified atom stereocenters. The topological polar surface area (TPSA) is 108 Å².